The van der Waals surface area contributed by atoms with Gasteiger partial charge < -0.3 is 8.92 Å². The van der Waals surface area contributed by atoms with Crippen molar-refractivity contribution < 1.29 is 31.5 Å². The molecular weight excluding hydrogens is 407 g/mol. The van der Waals surface area contributed by atoms with Crippen molar-refractivity contribution in [2.75, 3.05) is 6.61 Å². The first kappa shape index (κ1) is 31.0. The summed E-state index contributed by atoms with van der Waals surface area (Å²) in [6.07, 6.45) is 12.5. The zero-order valence-corrected chi connectivity index (χ0v) is 18.3. The van der Waals surface area contributed by atoms with Gasteiger partial charge in [0, 0.05) is 0 Å². The second kappa shape index (κ2) is 19.8. The van der Waals surface area contributed by atoms with Crippen LogP contribution in [0.5, 0.6) is 0 Å². The fraction of sp³-hybridized carbons (Fsp3) is 0.900. The number of esters is 1. The molecule has 0 radical (unpaired) electrons. The third kappa shape index (κ3) is 20.9. The fourth-order valence-electron chi connectivity index (χ4n) is 2.97. The van der Waals surface area contributed by atoms with Gasteiger partial charge in [-0.05, 0) is 12.8 Å². The van der Waals surface area contributed by atoms with Crippen LogP contribution in [0, 0.1) is 5.92 Å². The molecule has 0 heterocycles. The summed E-state index contributed by atoms with van der Waals surface area (Å²) in [5, 5.41) is 0. The van der Waals surface area contributed by atoms with Gasteiger partial charge in [0.05, 0.1) is 18.9 Å². The summed E-state index contributed by atoms with van der Waals surface area (Å²) in [7, 11) is -4.88. The maximum atomic E-state index is 12.0. The first-order valence-electron chi connectivity index (χ1n) is 10.7. The van der Waals surface area contributed by atoms with Crippen molar-refractivity contribution in [3.05, 3.63) is 0 Å². The molecule has 0 amide bonds. The van der Waals surface area contributed by atoms with Crippen LogP contribution in [-0.4, -0.2) is 61.1 Å². The van der Waals surface area contributed by atoms with E-state index in [0.717, 1.165) is 51.4 Å². The normalized spacial score (nSPS) is 12.1. The average molecular weight is 447 g/mol. The van der Waals surface area contributed by atoms with Gasteiger partial charge in [-0.1, -0.05) is 84.5 Å². The van der Waals surface area contributed by atoms with Crippen LogP contribution in [0.25, 0.3) is 0 Å². The van der Waals surface area contributed by atoms with Crippen LogP contribution < -0.4 is 0 Å². The molecule has 0 spiro atoms. The Morgan fingerprint density at radius 3 is 1.83 bits per heavy atom. The molecule has 0 saturated carbocycles. The maximum absolute atomic E-state index is 12.0. The van der Waals surface area contributed by atoms with E-state index in [9.17, 15) is 18.0 Å². The van der Waals surface area contributed by atoms with Crippen LogP contribution in [0.2, 0.25) is 0 Å². The molecule has 1 N–H and O–H groups in total. The van der Waals surface area contributed by atoms with E-state index in [1.165, 1.54) is 19.3 Å². The Hall–Kier alpha value is -0.150. The Morgan fingerprint density at radius 2 is 1.31 bits per heavy atom. The molecule has 0 saturated heterocycles. The zero-order chi connectivity index (χ0) is 21.3. The van der Waals surface area contributed by atoms with Gasteiger partial charge in [-0.15, -0.1) is 0 Å². The fourth-order valence-corrected chi connectivity index (χ4v) is 3.32. The van der Waals surface area contributed by atoms with Crippen LogP contribution in [0.1, 0.15) is 104 Å². The Balaban J connectivity index is 0. The van der Waals surface area contributed by atoms with Gasteiger partial charge in [0.25, 0.3) is 0 Å². The second-order valence-corrected chi connectivity index (χ2v) is 8.30. The summed E-state index contributed by atoms with van der Waals surface area (Å²) in [4.78, 5) is 24.0. The van der Waals surface area contributed by atoms with E-state index in [4.69, 9.17) is 9.29 Å². The van der Waals surface area contributed by atoms with Crippen molar-refractivity contribution in [3.63, 3.8) is 0 Å². The summed E-state index contributed by atoms with van der Waals surface area (Å²) >= 11 is 0. The van der Waals surface area contributed by atoms with E-state index in [1.807, 2.05) is 0 Å². The molecular formula is C20H39NaO7S. The van der Waals surface area contributed by atoms with Crippen LogP contribution in [0.3, 0.4) is 0 Å². The Morgan fingerprint density at radius 1 is 0.828 bits per heavy atom. The average Bonchev–Trinajstić information content (AvgIpc) is 2.61. The van der Waals surface area contributed by atoms with Gasteiger partial charge in [-0.3, -0.25) is 14.1 Å². The molecule has 29 heavy (non-hydrogen) atoms. The van der Waals surface area contributed by atoms with Gasteiger partial charge in [0.1, 0.15) is 0 Å². The molecule has 0 aliphatic heterocycles. The first-order chi connectivity index (χ1) is 13.3. The minimum absolute atomic E-state index is 0. The standard InChI is InChI=1S/C20H38O7S.Na.H/c1-3-5-7-9-11-13-15-18(20(22)27-28(23,24)25)17-19(21)26-16-14-12-10-8-6-4-2;;/h18H,3-17H2,1-2H3,(H,23,24,25);;. The van der Waals surface area contributed by atoms with Crippen molar-refractivity contribution >= 4 is 51.9 Å². The van der Waals surface area contributed by atoms with Crippen LogP contribution >= 0.6 is 0 Å². The van der Waals surface area contributed by atoms with Crippen LogP contribution in [0.4, 0.5) is 0 Å². The molecule has 0 bridgehead atoms. The quantitative estimate of drug-likeness (QED) is 0.144. The second-order valence-electron chi connectivity index (χ2n) is 7.28. The number of ether oxygens (including phenoxy) is 1. The van der Waals surface area contributed by atoms with E-state index in [1.54, 1.807) is 0 Å². The monoisotopic (exact) mass is 446 g/mol. The van der Waals surface area contributed by atoms with E-state index in [-0.39, 0.29) is 36.0 Å². The third-order valence-electron chi connectivity index (χ3n) is 4.60. The molecule has 0 aromatic heterocycles. The van der Waals surface area contributed by atoms with Crippen LogP contribution in [0.15, 0.2) is 0 Å². The molecule has 9 heteroatoms. The van der Waals surface area contributed by atoms with Crippen molar-refractivity contribution in [3.8, 4) is 0 Å². The minimum atomic E-state index is -4.88. The van der Waals surface area contributed by atoms with Gasteiger partial charge in [0.2, 0.25) is 0 Å². The molecule has 168 valence electrons. The number of hydrogen-bond donors (Lipinski definition) is 1. The molecule has 7 nitrogen and oxygen atoms in total. The summed E-state index contributed by atoms with van der Waals surface area (Å²) in [6, 6.07) is 0. The molecule has 1 unspecified atom stereocenters. The van der Waals surface area contributed by atoms with Gasteiger partial charge in [-0.2, -0.15) is 8.42 Å². The number of carbonyl (C=O) groups excluding carboxylic acids is 2. The SMILES string of the molecule is CCCCCCCCOC(=O)CC(CCCCCCCC)C(=O)OS(=O)(=O)O.[NaH]. The van der Waals surface area contributed by atoms with E-state index in [2.05, 4.69) is 18.0 Å². The zero-order valence-electron chi connectivity index (χ0n) is 17.5. The van der Waals surface area contributed by atoms with Crippen LogP contribution in [-0.2, 0) is 28.9 Å². The van der Waals surface area contributed by atoms with Gasteiger partial charge in [0.15, 0.2) is 0 Å². The predicted molar refractivity (Wildman–Crippen MR) is 115 cm³/mol. The number of rotatable bonds is 18. The van der Waals surface area contributed by atoms with E-state index >= 15 is 0 Å². The Labute approximate surface area is 198 Å². The molecule has 0 aromatic carbocycles. The third-order valence-corrected chi connectivity index (χ3v) is 4.98. The number of carbonyl (C=O) groups is 2. The van der Waals surface area contributed by atoms with Crippen molar-refractivity contribution in [1.29, 1.82) is 0 Å². The Bertz CT molecular complexity index is 523. The topological polar surface area (TPSA) is 107 Å². The molecule has 0 aromatic rings. The number of hydrogen-bond acceptors (Lipinski definition) is 6. The van der Waals surface area contributed by atoms with Crippen molar-refractivity contribution in [2.24, 2.45) is 5.92 Å². The first-order valence-corrected chi connectivity index (χ1v) is 12.0. The molecule has 0 rings (SSSR count). The molecule has 0 aliphatic rings. The number of unbranched alkanes of at least 4 members (excludes halogenated alkanes) is 10. The summed E-state index contributed by atoms with van der Waals surface area (Å²) in [6.45, 7) is 4.57. The summed E-state index contributed by atoms with van der Waals surface area (Å²) in [5.41, 5.74) is 0. The van der Waals surface area contributed by atoms with Crippen molar-refractivity contribution in [1.82, 2.24) is 0 Å². The van der Waals surface area contributed by atoms with E-state index < -0.39 is 28.3 Å². The predicted octanol–water partition coefficient (Wildman–Crippen LogP) is 4.34. The molecule has 1 atom stereocenters. The Kier molecular flexibility index (Phi) is 21.2. The summed E-state index contributed by atoms with van der Waals surface area (Å²) in [5.74, 6) is -2.57. The van der Waals surface area contributed by atoms with Crippen molar-refractivity contribution in [2.45, 2.75) is 104 Å². The molecule has 0 fully saturated rings. The van der Waals surface area contributed by atoms with Gasteiger partial charge >= 0.3 is 51.9 Å². The summed E-state index contributed by atoms with van der Waals surface area (Å²) < 4.78 is 39.5. The molecule has 0 aliphatic carbocycles. The van der Waals surface area contributed by atoms with E-state index in [0.29, 0.717) is 19.4 Å². The van der Waals surface area contributed by atoms with Gasteiger partial charge in [-0.25, -0.2) is 0 Å².